The Morgan fingerprint density at radius 1 is 1.16 bits per heavy atom. The molecule has 0 atom stereocenters. The number of hydrogen-bond acceptors (Lipinski definition) is 4. The summed E-state index contributed by atoms with van der Waals surface area (Å²) < 4.78 is 54.5. The zero-order chi connectivity index (χ0) is 18.5. The molecule has 0 saturated carbocycles. The van der Waals surface area contributed by atoms with Crippen LogP contribution in [-0.2, 0) is 14.8 Å². The van der Waals surface area contributed by atoms with Gasteiger partial charge in [-0.2, -0.15) is 0 Å². The lowest BCUT2D eigenvalue weighted by molar-refractivity contribution is -0.116. The number of rotatable bonds is 7. The van der Waals surface area contributed by atoms with Crippen LogP contribution in [0, 0.1) is 11.6 Å². The number of halogens is 3. The van der Waals surface area contributed by atoms with Crippen molar-refractivity contribution in [1.29, 1.82) is 0 Å². The Kier molecular flexibility index (Phi) is 8.93. The number of sulfonamides is 1. The Morgan fingerprint density at radius 3 is 2.28 bits per heavy atom. The Hall–Kier alpha value is -1.29. The lowest BCUT2D eigenvalue weighted by Gasteiger charge is -2.21. The van der Waals surface area contributed by atoms with E-state index in [0.717, 1.165) is 6.07 Å². The molecule has 0 aliphatic rings. The molecule has 0 aromatic heterocycles. The molecule has 0 aliphatic carbocycles. The van der Waals surface area contributed by atoms with Crippen LogP contribution in [0.4, 0.5) is 14.5 Å². The van der Waals surface area contributed by atoms with Crippen molar-refractivity contribution in [2.24, 2.45) is 0 Å². The van der Waals surface area contributed by atoms with Gasteiger partial charge in [-0.25, -0.2) is 21.9 Å². The summed E-state index contributed by atoms with van der Waals surface area (Å²) in [6.45, 7) is 5.39. The molecule has 0 heterocycles. The van der Waals surface area contributed by atoms with Crippen molar-refractivity contribution in [3.05, 3.63) is 23.8 Å². The number of carbonyl (C=O) groups is 1. The highest BCUT2D eigenvalue weighted by Crippen LogP contribution is 2.24. The van der Waals surface area contributed by atoms with Crippen LogP contribution in [0.15, 0.2) is 17.0 Å². The van der Waals surface area contributed by atoms with Crippen molar-refractivity contribution in [1.82, 2.24) is 10.0 Å². The fourth-order valence-corrected chi connectivity index (χ4v) is 3.43. The van der Waals surface area contributed by atoms with Gasteiger partial charge >= 0.3 is 0 Å². The number of carbonyl (C=O) groups excluding carboxylic acids is 1. The third-order valence-corrected chi connectivity index (χ3v) is 4.63. The number of anilines is 1. The maximum Gasteiger partial charge on any atom is 0.244 e. The molecule has 0 saturated heterocycles. The highest BCUT2D eigenvalue weighted by atomic mass is 35.5. The predicted molar refractivity (Wildman–Crippen MR) is 95.5 cm³/mol. The Morgan fingerprint density at radius 2 is 1.76 bits per heavy atom. The summed E-state index contributed by atoms with van der Waals surface area (Å²) in [7, 11) is -2.46. The molecule has 1 aromatic carbocycles. The molecule has 0 aliphatic heterocycles. The SMILES string of the molecule is CNCCCC(=O)Nc1cc(S(=O)(=O)NC(C)(C)C)c(F)cc1F.Cl. The Labute approximate surface area is 153 Å². The van der Waals surface area contributed by atoms with Crippen molar-refractivity contribution in [2.45, 2.75) is 44.0 Å². The van der Waals surface area contributed by atoms with E-state index < -0.39 is 38.0 Å². The minimum Gasteiger partial charge on any atom is -0.324 e. The molecule has 0 fully saturated rings. The average molecular weight is 400 g/mol. The van der Waals surface area contributed by atoms with E-state index in [-0.39, 0.29) is 24.5 Å². The lowest BCUT2D eigenvalue weighted by atomic mass is 10.1. The zero-order valence-corrected chi connectivity index (χ0v) is 16.2. The van der Waals surface area contributed by atoms with Crippen LogP contribution in [0.2, 0.25) is 0 Å². The largest absolute Gasteiger partial charge is 0.324 e. The summed E-state index contributed by atoms with van der Waals surface area (Å²) in [6, 6.07) is 1.23. The minimum atomic E-state index is -4.20. The van der Waals surface area contributed by atoms with E-state index in [2.05, 4.69) is 15.4 Å². The third kappa shape index (κ3) is 7.64. The average Bonchev–Trinajstić information content (AvgIpc) is 2.39. The van der Waals surface area contributed by atoms with Gasteiger partial charge in [-0.05, 0) is 46.9 Å². The van der Waals surface area contributed by atoms with E-state index in [0.29, 0.717) is 19.0 Å². The van der Waals surface area contributed by atoms with Gasteiger partial charge in [0.05, 0.1) is 5.69 Å². The molecule has 144 valence electrons. The van der Waals surface area contributed by atoms with Crippen molar-refractivity contribution in [2.75, 3.05) is 18.9 Å². The maximum atomic E-state index is 13.9. The van der Waals surface area contributed by atoms with E-state index >= 15 is 0 Å². The first-order valence-electron chi connectivity index (χ1n) is 7.44. The fourth-order valence-electron chi connectivity index (χ4n) is 1.93. The quantitative estimate of drug-likeness (QED) is 0.614. The first-order chi connectivity index (χ1) is 11.0. The molecular formula is C15H24ClF2N3O3S. The first kappa shape index (κ1) is 23.7. The monoisotopic (exact) mass is 399 g/mol. The summed E-state index contributed by atoms with van der Waals surface area (Å²) >= 11 is 0. The van der Waals surface area contributed by atoms with Gasteiger partial charge in [-0.15, -0.1) is 12.4 Å². The molecular weight excluding hydrogens is 376 g/mol. The van der Waals surface area contributed by atoms with Crippen LogP contribution in [-0.4, -0.2) is 33.5 Å². The van der Waals surface area contributed by atoms with Crippen LogP contribution in [0.25, 0.3) is 0 Å². The second kappa shape index (κ2) is 9.42. The fraction of sp³-hybridized carbons (Fsp3) is 0.533. The van der Waals surface area contributed by atoms with E-state index in [1.54, 1.807) is 27.8 Å². The second-order valence-electron chi connectivity index (χ2n) is 6.37. The van der Waals surface area contributed by atoms with E-state index in [1.165, 1.54) is 0 Å². The molecule has 0 bridgehead atoms. The topological polar surface area (TPSA) is 87.3 Å². The van der Waals surface area contributed by atoms with Crippen LogP contribution in [0.1, 0.15) is 33.6 Å². The molecule has 1 amide bonds. The van der Waals surface area contributed by atoms with Gasteiger partial charge in [0.15, 0.2) is 0 Å². The van der Waals surface area contributed by atoms with Crippen LogP contribution in [0.3, 0.4) is 0 Å². The highest BCUT2D eigenvalue weighted by Gasteiger charge is 2.26. The zero-order valence-electron chi connectivity index (χ0n) is 14.6. The highest BCUT2D eigenvalue weighted by molar-refractivity contribution is 7.89. The van der Waals surface area contributed by atoms with Crippen molar-refractivity contribution in [3.8, 4) is 0 Å². The van der Waals surface area contributed by atoms with Crippen molar-refractivity contribution in [3.63, 3.8) is 0 Å². The standard InChI is InChI=1S/C15H23F2N3O3S.ClH/c1-15(2,3)20-24(22,23)13-9-12(10(16)8-11(13)17)19-14(21)6-5-7-18-4;/h8-9,18,20H,5-7H2,1-4H3,(H,19,21);1H. The maximum absolute atomic E-state index is 13.9. The van der Waals surface area contributed by atoms with Crippen LogP contribution >= 0.6 is 12.4 Å². The van der Waals surface area contributed by atoms with E-state index in [9.17, 15) is 22.0 Å². The molecule has 0 unspecified atom stereocenters. The van der Waals surface area contributed by atoms with Gasteiger partial charge in [0, 0.05) is 18.0 Å². The smallest absolute Gasteiger partial charge is 0.244 e. The van der Waals surface area contributed by atoms with Crippen LogP contribution in [0.5, 0.6) is 0 Å². The number of amides is 1. The molecule has 0 spiro atoms. The molecule has 1 aromatic rings. The van der Waals surface area contributed by atoms with E-state index in [4.69, 9.17) is 0 Å². The second-order valence-corrected chi connectivity index (χ2v) is 8.02. The third-order valence-electron chi connectivity index (χ3n) is 2.86. The number of nitrogens with one attached hydrogen (secondary N) is 3. The normalized spacial score (nSPS) is 11.8. The predicted octanol–water partition coefficient (Wildman–Crippen LogP) is 2.40. The molecule has 3 N–H and O–H groups in total. The Bertz CT molecular complexity index is 707. The summed E-state index contributed by atoms with van der Waals surface area (Å²) in [5, 5.41) is 5.14. The molecule has 10 heteroatoms. The lowest BCUT2D eigenvalue weighted by Crippen LogP contribution is -2.40. The van der Waals surface area contributed by atoms with Crippen LogP contribution < -0.4 is 15.4 Å². The minimum absolute atomic E-state index is 0. The summed E-state index contributed by atoms with van der Waals surface area (Å²) in [5.41, 5.74) is -1.21. The van der Waals surface area contributed by atoms with Gasteiger partial charge in [0.25, 0.3) is 0 Å². The first-order valence-corrected chi connectivity index (χ1v) is 8.92. The molecule has 1 rings (SSSR count). The van der Waals surface area contributed by atoms with Gasteiger partial charge in [-0.1, -0.05) is 0 Å². The molecule has 25 heavy (non-hydrogen) atoms. The van der Waals surface area contributed by atoms with Crippen molar-refractivity contribution < 1.29 is 22.0 Å². The summed E-state index contributed by atoms with van der Waals surface area (Å²) in [6.07, 6.45) is 0.655. The summed E-state index contributed by atoms with van der Waals surface area (Å²) in [5.74, 6) is -2.75. The number of hydrogen-bond donors (Lipinski definition) is 3. The molecule has 6 nitrogen and oxygen atoms in total. The van der Waals surface area contributed by atoms with E-state index in [1.807, 2.05) is 0 Å². The summed E-state index contributed by atoms with van der Waals surface area (Å²) in [4.78, 5) is 11.0. The van der Waals surface area contributed by atoms with Crippen molar-refractivity contribution >= 4 is 34.0 Å². The molecule has 0 radical (unpaired) electrons. The van der Waals surface area contributed by atoms with Gasteiger partial charge in [0.1, 0.15) is 16.5 Å². The van der Waals surface area contributed by atoms with Gasteiger partial charge in [-0.3, -0.25) is 4.79 Å². The van der Waals surface area contributed by atoms with Gasteiger partial charge < -0.3 is 10.6 Å². The number of benzene rings is 1. The Balaban J connectivity index is 0.00000576. The van der Waals surface area contributed by atoms with Gasteiger partial charge in [0.2, 0.25) is 15.9 Å².